The maximum Gasteiger partial charge on any atom is 0.242 e. The highest BCUT2D eigenvalue weighted by atomic mass is 35.5. The van der Waals surface area contributed by atoms with E-state index in [0.29, 0.717) is 18.4 Å². The molecule has 5 nitrogen and oxygen atoms in total. The van der Waals surface area contributed by atoms with Crippen LogP contribution in [0.2, 0.25) is 0 Å². The Morgan fingerprint density at radius 3 is 3.07 bits per heavy atom. The van der Waals surface area contributed by atoms with Gasteiger partial charge in [-0.2, -0.15) is 0 Å². The number of hydrogen-bond acceptors (Lipinski definition) is 5. The van der Waals surface area contributed by atoms with Crippen LogP contribution in [0.4, 0.5) is 0 Å². The van der Waals surface area contributed by atoms with Crippen LogP contribution < -0.4 is 5.32 Å². The van der Waals surface area contributed by atoms with E-state index in [2.05, 4.69) is 15.5 Å². The molecule has 0 aliphatic carbocycles. The molecular weight excluding hydrogens is 206 g/mol. The zero-order chi connectivity index (χ0) is 9.10. The second-order valence-corrected chi connectivity index (χ2v) is 3.12. The summed E-state index contributed by atoms with van der Waals surface area (Å²) < 4.78 is 10.3. The van der Waals surface area contributed by atoms with E-state index in [1.54, 1.807) is 7.11 Å². The molecule has 1 saturated heterocycles. The lowest BCUT2D eigenvalue weighted by atomic mass is 10.2. The maximum atomic E-state index is 5.40. The first-order valence-corrected chi connectivity index (χ1v) is 4.45. The highest BCUT2D eigenvalue weighted by molar-refractivity contribution is 5.85. The van der Waals surface area contributed by atoms with Crippen LogP contribution in [0.15, 0.2) is 4.42 Å². The Bertz CT molecular complexity index is 273. The van der Waals surface area contributed by atoms with Crippen molar-refractivity contribution in [3.05, 3.63) is 11.8 Å². The molecule has 1 atom stereocenters. The molecule has 1 aliphatic heterocycles. The lowest BCUT2D eigenvalue weighted by molar-refractivity contribution is 0.157. The molecule has 2 heterocycles. The SMILES string of the molecule is COCc1nnc(C2CCCN2)o1.Cl. The van der Waals surface area contributed by atoms with Gasteiger partial charge in [0, 0.05) is 7.11 Å². The number of hydrogen-bond donors (Lipinski definition) is 1. The van der Waals surface area contributed by atoms with Crippen molar-refractivity contribution in [1.29, 1.82) is 0 Å². The van der Waals surface area contributed by atoms with Crippen molar-refractivity contribution in [3.8, 4) is 0 Å². The minimum atomic E-state index is 0. The van der Waals surface area contributed by atoms with Crippen molar-refractivity contribution in [1.82, 2.24) is 15.5 Å². The number of rotatable bonds is 3. The summed E-state index contributed by atoms with van der Waals surface area (Å²) in [4.78, 5) is 0. The fraction of sp³-hybridized carbons (Fsp3) is 0.750. The molecule has 0 spiro atoms. The molecule has 1 aliphatic rings. The molecule has 2 rings (SSSR count). The van der Waals surface area contributed by atoms with E-state index in [0.717, 1.165) is 13.0 Å². The minimum absolute atomic E-state index is 0. The first-order valence-electron chi connectivity index (χ1n) is 4.45. The van der Waals surface area contributed by atoms with E-state index >= 15 is 0 Å². The molecule has 6 heteroatoms. The van der Waals surface area contributed by atoms with Gasteiger partial charge in [-0.1, -0.05) is 0 Å². The third kappa shape index (κ3) is 2.43. The van der Waals surface area contributed by atoms with Gasteiger partial charge in [0.1, 0.15) is 6.61 Å². The highest BCUT2D eigenvalue weighted by Gasteiger charge is 2.21. The van der Waals surface area contributed by atoms with Crippen LogP contribution in [0.1, 0.15) is 30.7 Å². The normalized spacial score (nSPS) is 20.8. The van der Waals surface area contributed by atoms with Gasteiger partial charge < -0.3 is 14.5 Å². The Balaban J connectivity index is 0.000000980. The Kier molecular flexibility index (Phi) is 4.31. The third-order valence-corrected chi connectivity index (χ3v) is 2.11. The number of ether oxygens (including phenoxy) is 1. The summed E-state index contributed by atoms with van der Waals surface area (Å²) in [5, 5.41) is 11.1. The second kappa shape index (κ2) is 5.29. The van der Waals surface area contributed by atoms with Crippen LogP contribution in [0, 0.1) is 0 Å². The van der Waals surface area contributed by atoms with Gasteiger partial charge in [0.2, 0.25) is 11.8 Å². The third-order valence-electron chi connectivity index (χ3n) is 2.11. The van der Waals surface area contributed by atoms with E-state index in [9.17, 15) is 0 Å². The van der Waals surface area contributed by atoms with Crippen LogP contribution in [0.5, 0.6) is 0 Å². The van der Waals surface area contributed by atoms with Gasteiger partial charge in [-0.25, -0.2) is 0 Å². The number of aromatic nitrogens is 2. The Morgan fingerprint density at radius 1 is 1.57 bits per heavy atom. The van der Waals surface area contributed by atoms with E-state index in [1.165, 1.54) is 6.42 Å². The zero-order valence-electron chi connectivity index (χ0n) is 8.02. The first-order chi connectivity index (χ1) is 6.40. The summed E-state index contributed by atoms with van der Waals surface area (Å²) in [6.45, 7) is 1.42. The predicted molar refractivity (Wildman–Crippen MR) is 52.2 cm³/mol. The molecule has 0 radical (unpaired) electrons. The molecule has 1 aromatic heterocycles. The maximum absolute atomic E-state index is 5.40. The van der Waals surface area contributed by atoms with E-state index in [1.807, 2.05) is 0 Å². The van der Waals surface area contributed by atoms with Crippen molar-refractivity contribution in [2.75, 3.05) is 13.7 Å². The van der Waals surface area contributed by atoms with Crippen LogP contribution >= 0.6 is 12.4 Å². The lowest BCUT2D eigenvalue weighted by Gasteiger charge is -2.01. The van der Waals surface area contributed by atoms with Gasteiger partial charge in [-0.15, -0.1) is 22.6 Å². The van der Waals surface area contributed by atoms with Gasteiger partial charge in [-0.3, -0.25) is 0 Å². The smallest absolute Gasteiger partial charge is 0.242 e. The van der Waals surface area contributed by atoms with Crippen molar-refractivity contribution < 1.29 is 9.15 Å². The molecule has 1 N–H and O–H groups in total. The summed E-state index contributed by atoms with van der Waals surface area (Å²) in [7, 11) is 1.61. The van der Waals surface area contributed by atoms with Gasteiger partial charge in [0.05, 0.1) is 6.04 Å². The van der Waals surface area contributed by atoms with Crippen molar-refractivity contribution >= 4 is 12.4 Å². The van der Waals surface area contributed by atoms with Crippen molar-refractivity contribution in [2.24, 2.45) is 0 Å². The van der Waals surface area contributed by atoms with Crippen molar-refractivity contribution in [3.63, 3.8) is 0 Å². The summed E-state index contributed by atoms with van der Waals surface area (Å²) in [5.74, 6) is 1.23. The van der Waals surface area contributed by atoms with Crippen LogP contribution in [0.25, 0.3) is 0 Å². The number of nitrogens with zero attached hydrogens (tertiary/aromatic N) is 2. The number of halogens is 1. The predicted octanol–water partition coefficient (Wildman–Crippen LogP) is 1.06. The molecule has 1 fully saturated rings. The topological polar surface area (TPSA) is 60.2 Å². The molecule has 1 unspecified atom stereocenters. The highest BCUT2D eigenvalue weighted by Crippen LogP contribution is 2.21. The summed E-state index contributed by atoms with van der Waals surface area (Å²) in [5.41, 5.74) is 0. The summed E-state index contributed by atoms with van der Waals surface area (Å²) >= 11 is 0. The van der Waals surface area contributed by atoms with Gasteiger partial charge in [0.15, 0.2) is 0 Å². The van der Waals surface area contributed by atoms with Gasteiger partial charge in [0.25, 0.3) is 0 Å². The van der Waals surface area contributed by atoms with Crippen LogP contribution in [-0.4, -0.2) is 23.9 Å². The number of nitrogens with one attached hydrogen (secondary N) is 1. The molecule has 1 aromatic rings. The van der Waals surface area contributed by atoms with E-state index in [-0.39, 0.29) is 18.4 Å². The lowest BCUT2D eigenvalue weighted by Crippen LogP contribution is -2.12. The molecule has 0 bridgehead atoms. The quantitative estimate of drug-likeness (QED) is 0.824. The average Bonchev–Trinajstić information content (AvgIpc) is 2.70. The zero-order valence-corrected chi connectivity index (χ0v) is 8.84. The van der Waals surface area contributed by atoms with Gasteiger partial charge >= 0.3 is 0 Å². The molecular formula is C8H14ClN3O2. The minimum Gasteiger partial charge on any atom is -0.421 e. The summed E-state index contributed by atoms with van der Waals surface area (Å²) in [6.07, 6.45) is 2.25. The fourth-order valence-electron chi connectivity index (χ4n) is 1.48. The van der Waals surface area contributed by atoms with E-state index < -0.39 is 0 Å². The molecule has 0 amide bonds. The molecule has 14 heavy (non-hydrogen) atoms. The average molecular weight is 220 g/mol. The second-order valence-electron chi connectivity index (χ2n) is 3.12. The number of methoxy groups -OCH3 is 1. The largest absolute Gasteiger partial charge is 0.421 e. The Labute approximate surface area is 88.6 Å². The molecule has 0 saturated carbocycles. The Morgan fingerprint density at radius 2 is 2.43 bits per heavy atom. The van der Waals surface area contributed by atoms with Crippen LogP contribution in [-0.2, 0) is 11.3 Å². The van der Waals surface area contributed by atoms with Crippen molar-refractivity contribution in [2.45, 2.75) is 25.5 Å². The van der Waals surface area contributed by atoms with Gasteiger partial charge in [-0.05, 0) is 19.4 Å². The standard InChI is InChI=1S/C8H13N3O2.ClH/c1-12-5-7-10-11-8(13-7)6-3-2-4-9-6;/h6,9H,2-5H2,1H3;1H. The Hall–Kier alpha value is -0.650. The van der Waals surface area contributed by atoms with Crippen LogP contribution in [0.3, 0.4) is 0 Å². The molecule has 0 aromatic carbocycles. The molecule has 80 valence electrons. The van der Waals surface area contributed by atoms with E-state index in [4.69, 9.17) is 9.15 Å². The monoisotopic (exact) mass is 219 g/mol. The fourth-order valence-corrected chi connectivity index (χ4v) is 1.48. The summed E-state index contributed by atoms with van der Waals surface area (Å²) in [6, 6.07) is 0.248. The first kappa shape index (κ1) is 11.4.